The first kappa shape index (κ1) is 17.6. The fraction of sp³-hybridized carbons (Fsp3) is 0.190. The zero-order valence-electron chi connectivity index (χ0n) is 14.9. The van der Waals surface area contributed by atoms with Gasteiger partial charge in [0.05, 0.1) is 14.2 Å². The van der Waals surface area contributed by atoms with Crippen molar-refractivity contribution in [3.63, 3.8) is 0 Å². The van der Waals surface area contributed by atoms with Crippen molar-refractivity contribution in [1.29, 1.82) is 0 Å². The van der Waals surface area contributed by atoms with Crippen LogP contribution in [0.2, 0.25) is 0 Å². The van der Waals surface area contributed by atoms with Gasteiger partial charge < -0.3 is 19.3 Å². The minimum Gasteiger partial charge on any atom is -0.507 e. The van der Waals surface area contributed by atoms with Crippen molar-refractivity contribution >= 4 is 16.7 Å². The van der Waals surface area contributed by atoms with E-state index in [1.165, 1.54) is 7.11 Å². The van der Waals surface area contributed by atoms with Crippen molar-refractivity contribution in [3.05, 3.63) is 59.7 Å². The Kier molecular flexibility index (Phi) is 4.98. The Labute approximate surface area is 151 Å². The van der Waals surface area contributed by atoms with Crippen LogP contribution in [-0.4, -0.2) is 25.3 Å². The molecule has 0 aliphatic heterocycles. The SMILES string of the molecule is CCc1c(C(=O)OC)c(Oc2ccc(OC)cc2)c2ccccc2c1O. The molecular formula is C21H20O5. The van der Waals surface area contributed by atoms with E-state index < -0.39 is 5.97 Å². The average Bonchev–Trinajstić information content (AvgIpc) is 2.69. The number of carbonyl (C=O) groups excluding carboxylic acids is 1. The first-order valence-electron chi connectivity index (χ1n) is 8.27. The first-order valence-corrected chi connectivity index (χ1v) is 8.27. The number of carbonyl (C=O) groups is 1. The van der Waals surface area contributed by atoms with E-state index in [0.29, 0.717) is 40.0 Å². The summed E-state index contributed by atoms with van der Waals surface area (Å²) in [6.45, 7) is 1.87. The molecule has 0 radical (unpaired) electrons. The molecule has 5 nitrogen and oxygen atoms in total. The van der Waals surface area contributed by atoms with E-state index in [4.69, 9.17) is 14.2 Å². The Hall–Kier alpha value is -3.21. The molecule has 0 aromatic heterocycles. The lowest BCUT2D eigenvalue weighted by atomic mass is 9.96. The second-order valence-corrected chi connectivity index (χ2v) is 5.70. The Balaban J connectivity index is 2.26. The molecule has 0 amide bonds. The van der Waals surface area contributed by atoms with Gasteiger partial charge in [0.2, 0.25) is 0 Å². The van der Waals surface area contributed by atoms with Crippen molar-refractivity contribution < 1.29 is 24.1 Å². The number of benzene rings is 3. The highest BCUT2D eigenvalue weighted by molar-refractivity contribution is 6.06. The number of hydrogen-bond acceptors (Lipinski definition) is 5. The van der Waals surface area contributed by atoms with E-state index in [-0.39, 0.29) is 11.3 Å². The second-order valence-electron chi connectivity index (χ2n) is 5.70. The number of phenols is 1. The number of fused-ring (bicyclic) bond motifs is 1. The van der Waals surface area contributed by atoms with Crippen molar-refractivity contribution in [2.24, 2.45) is 0 Å². The van der Waals surface area contributed by atoms with Gasteiger partial charge in [0.25, 0.3) is 0 Å². The van der Waals surface area contributed by atoms with Crippen LogP contribution in [0.1, 0.15) is 22.8 Å². The van der Waals surface area contributed by atoms with Gasteiger partial charge in [-0.25, -0.2) is 4.79 Å². The molecule has 3 rings (SSSR count). The van der Waals surface area contributed by atoms with Crippen LogP contribution >= 0.6 is 0 Å². The number of ether oxygens (including phenoxy) is 3. The topological polar surface area (TPSA) is 65.0 Å². The summed E-state index contributed by atoms with van der Waals surface area (Å²) in [6, 6.07) is 14.3. The molecule has 0 saturated heterocycles. The number of methoxy groups -OCH3 is 2. The molecule has 0 aliphatic carbocycles. The molecular weight excluding hydrogens is 332 g/mol. The normalized spacial score (nSPS) is 10.6. The summed E-state index contributed by atoms with van der Waals surface area (Å²) in [5, 5.41) is 11.9. The molecule has 134 valence electrons. The number of phenolic OH excluding ortho intramolecular Hbond substituents is 1. The van der Waals surface area contributed by atoms with Crippen LogP contribution in [0, 0.1) is 0 Å². The third kappa shape index (κ3) is 3.04. The van der Waals surface area contributed by atoms with Crippen molar-refractivity contribution in [2.75, 3.05) is 14.2 Å². The van der Waals surface area contributed by atoms with Gasteiger partial charge in [0.1, 0.15) is 28.6 Å². The summed E-state index contributed by atoms with van der Waals surface area (Å²) in [6.07, 6.45) is 0.458. The maximum atomic E-state index is 12.5. The summed E-state index contributed by atoms with van der Waals surface area (Å²) < 4.78 is 16.2. The third-order valence-corrected chi connectivity index (χ3v) is 4.26. The van der Waals surface area contributed by atoms with Crippen LogP contribution in [0.15, 0.2) is 48.5 Å². The van der Waals surface area contributed by atoms with Gasteiger partial charge in [-0.2, -0.15) is 0 Å². The minimum absolute atomic E-state index is 0.0746. The summed E-state index contributed by atoms with van der Waals surface area (Å²) in [4.78, 5) is 12.5. The number of aromatic hydroxyl groups is 1. The van der Waals surface area contributed by atoms with E-state index in [1.807, 2.05) is 19.1 Å². The van der Waals surface area contributed by atoms with Gasteiger partial charge >= 0.3 is 5.97 Å². The van der Waals surface area contributed by atoms with E-state index in [1.54, 1.807) is 43.5 Å². The summed E-state index contributed by atoms with van der Waals surface area (Å²) in [5.41, 5.74) is 0.737. The summed E-state index contributed by atoms with van der Waals surface area (Å²) >= 11 is 0. The van der Waals surface area contributed by atoms with Crippen LogP contribution in [0.4, 0.5) is 0 Å². The quantitative estimate of drug-likeness (QED) is 0.675. The lowest BCUT2D eigenvalue weighted by molar-refractivity contribution is 0.0596. The monoisotopic (exact) mass is 352 g/mol. The molecule has 0 unspecified atom stereocenters. The van der Waals surface area contributed by atoms with Crippen molar-refractivity contribution in [1.82, 2.24) is 0 Å². The molecule has 0 atom stereocenters. The zero-order chi connectivity index (χ0) is 18.7. The van der Waals surface area contributed by atoms with Gasteiger partial charge in [-0.15, -0.1) is 0 Å². The van der Waals surface area contributed by atoms with Crippen LogP contribution in [0.5, 0.6) is 23.0 Å². The number of hydrogen-bond donors (Lipinski definition) is 1. The van der Waals surface area contributed by atoms with Crippen LogP contribution in [0.3, 0.4) is 0 Å². The van der Waals surface area contributed by atoms with E-state index in [0.717, 1.165) is 0 Å². The zero-order valence-corrected chi connectivity index (χ0v) is 14.9. The molecule has 26 heavy (non-hydrogen) atoms. The Bertz CT molecular complexity index is 945. The highest BCUT2D eigenvalue weighted by Crippen LogP contribution is 2.42. The van der Waals surface area contributed by atoms with Gasteiger partial charge in [0, 0.05) is 16.3 Å². The van der Waals surface area contributed by atoms with Crippen LogP contribution < -0.4 is 9.47 Å². The van der Waals surface area contributed by atoms with E-state index in [2.05, 4.69) is 0 Å². The molecule has 1 N–H and O–H groups in total. The first-order chi connectivity index (χ1) is 12.6. The van der Waals surface area contributed by atoms with E-state index in [9.17, 15) is 9.90 Å². The van der Waals surface area contributed by atoms with Crippen LogP contribution in [0.25, 0.3) is 10.8 Å². The Morgan fingerprint density at radius 1 is 0.962 bits per heavy atom. The van der Waals surface area contributed by atoms with Gasteiger partial charge in [-0.05, 0) is 30.7 Å². The Morgan fingerprint density at radius 2 is 1.58 bits per heavy atom. The smallest absolute Gasteiger partial charge is 0.342 e. The lowest BCUT2D eigenvalue weighted by Gasteiger charge is -2.18. The number of rotatable bonds is 5. The van der Waals surface area contributed by atoms with Crippen LogP contribution in [-0.2, 0) is 11.2 Å². The predicted octanol–water partition coefficient (Wildman–Crippen LogP) is 4.70. The predicted molar refractivity (Wildman–Crippen MR) is 99.4 cm³/mol. The lowest BCUT2D eigenvalue weighted by Crippen LogP contribution is -2.09. The molecule has 0 spiro atoms. The largest absolute Gasteiger partial charge is 0.507 e. The number of esters is 1. The average molecular weight is 352 g/mol. The maximum absolute atomic E-state index is 12.5. The maximum Gasteiger partial charge on any atom is 0.342 e. The fourth-order valence-electron chi connectivity index (χ4n) is 2.97. The Morgan fingerprint density at radius 3 is 2.15 bits per heavy atom. The molecule has 0 fully saturated rings. The van der Waals surface area contributed by atoms with Crippen molar-refractivity contribution in [2.45, 2.75) is 13.3 Å². The summed E-state index contributed by atoms with van der Waals surface area (Å²) in [7, 11) is 2.90. The van der Waals surface area contributed by atoms with Crippen molar-refractivity contribution in [3.8, 4) is 23.0 Å². The molecule has 5 heteroatoms. The standard InChI is InChI=1S/C21H20O5/c1-4-15-18(21(23)25-3)20(17-8-6-5-7-16(17)19(15)22)26-14-11-9-13(24-2)10-12-14/h5-12,22H,4H2,1-3H3. The molecule has 0 bridgehead atoms. The molecule has 3 aromatic carbocycles. The minimum atomic E-state index is -0.550. The molecule has 0 aliphatic rings. The summed E-state index contributed by atoms with van der Waals surface area (Å²) in [5.74, 6) is 1.15. The highest BCUT2D eigenvalue weighted by Gasteiger charge is 2.25. The molecule has 0 heterocycles. The third-order valence-electron chi connectivity index (χ3n) is 4.26. The second kappa shape index (κ2) is 7.35. The molecule has 3 aromatic rings. The fourth-order valence-corrected chi connectivity index (χ4v) is 2.97. The van der Waals surface area contributed by atoms with Gasteiger partial charge in [-0.3, -0.25) is 0 Å². The van der Waals surface area contributed by atoms with Gasteiger partial charge in [-0.1, -0.05) is 31.2 Å². The molecule has 0 saturated carbocycles. The van der Waals surface area contributed by atoms with E-state index >= 15 is 0 Å². The highest BCUT2D eigenvalue weighted by atomic mass is 16.5. The van der Waals surface area contributed by atoms with Gasteiger partial charge in [0.15, 0.2) is 0 Å².